The van der Waals surface area contributed by atoms with Crippen molar-refractivity contribution in [3.8, 4) is 0 Å². The maximum Gasteiger partial charge on any atom is 0.226 e. The molecule has 0 bridgehead atoms. The molecule has 2 atom stereocenters. The molecule has 0 radical (unpaired) electrons. The van der Waals surface area contributed by atoms with Crippen molar-refractivity contribution in [3.63, 3.8) is 0 Å². The number of thiazole rings is 1. The molecule has 4 heterocycles. The lowest BCUT2D eigenvalue weighted by molar-refractivity contribution is -0.152. The van der Waals surface area contributed by atoms with Gasteiger partial charge in [0.25, 0.3) is 0 Å². The average Bonchev–Trinajstić information content (AvgIpc) is 3.34. The summed E-state index contributed by atoms with van der Waals surface area (Å²) in [5.41, 5.74) is 0.995. The van der Waals surface area contributed by atoms with Crippen molar-refractivity contribution < 1.29 is 14.3 Å². The molecule has 7 nitrogen and oxygen atoms in total. The molecule has 148 valence electrons. The molecule has 1 spiro atoms. The highest BCUT2D eigenvalue weighted by atomic mass is 32.1. The Morgan fingerprint density at radius 1 is 1.26 bits per heavy atom. The minimum atomic E-state index is -0.155. The first-order valence-corrected chi connectivity index (χ1v) is 11.0. The van der Waals surface area contributed by atoms with Crippen molar-refractivity contribution in [3.05, 3.63) is 10.6 Å². The summed E-state index contributed by atoms with van der Waals surface area (Å²) in [4.78, 5) is 23.9. The number of morpholine rings is 2. The van der Waals surface area contributed by atoms with Crippen LogP contribution in [0.3, 0.4) is 0 Å². The molecule has 1 aromatic heterocycles. The lowest BCUT2D eigenvalue weighted by atomic mass is 9.89. The van der Waals surface area contributed by atoms with Gasteiger partial charge in [0.1, 0.15) is 0 Å². The molecular formula is C19H28N4O3S. The summed E-state index contributed by atoms with van der Waals surface area (Å²) in [6.07, 6.45) is 3.71. The van der Waals surface area contributed by atoms with Gasteiger partial charge in [-0.05, 0) is 25.8 Å². The number of anilines is 1. The van der Waals surface area contributed by atoms with Crippen LogP contribution in [-0.2, 0) is 27.1 Å². The number of carbonyl (C=O) groups is 1. The topological polar surface area (TPSA) is 66.9 Å². The Morgan fingerprint density at radius 2 is 2.15 bits per heavy atom. The van der Waals surface area contributed by atoms with Crippen LogP contribution in [-0.4, -0.2) is 80.5 Å². The van der Waals surface area contributed by atoms with Gasteiger partial charge in [-0.2, -0.15) is 0 Å². The van der Waals surface area contributed by atoms with Gasteiger partial charge >= 0.3 is 0 Å². The smallest absolute Gasteiger partial charge is 0.226 e. The van der Waals surface area contributed by atoms with E-state index in [4.69, 9.17) is 14.5 Å². The molecule has 3 saturated heterocycles. The summed E-state index contributed by atoms with van der Waals surface area (Å²) in [6, 6.07) is 0. The maximum absolute atomic E-state index is 13.2. The second-order valence-corrected chi connectivity index (χ2v) is 9.19. The van der Waals surface area contributed by atoms with E-state index in [0.717, 1.165) is 89.0 Å². The van der Waals surface area contributed by atoms with Crippen molar-refractivity contribution >= 4 is 22.4 Å². The third-order valence-corrected chi connectivity index (χ3v) is 7.54. The van der Waals surface area contributed by atoms with Crippen LogP contribution in [0.25, 0.3) is 0 Å². The first-order chi connectivity index (χ1) is 13.2. The number of rotatable bonds is 2. The average molecular weight is 393 g/mol. The van der Waals surface area contributed by atoms with Crippen LogP contribution in [0.1, 0.15) is 23.4 Å². The molecule has 1 aliphatic carbocycles. The summed E-state index contributed by atoms with van der Waals surface area (Å²) in [7, 11) is 0. The molecule has 5 rings (SSSR count). The van der Waals surface area contributed by atoms with E-state index in [9.17, 15) is 4.79 Å². The number of nitrogens with one attached hydrogen (secondary N) is 1. The van der Waals surface area contributed by atoms with Crippen LogP contribution >= 0.6 is 11.3 Å². The molecule has 1 N–H and O–H groups in total. The zero-order chi connectivity index (χ0) is 18.3. The van der Waals surface area contributed by atoms with E-state index in [-0.39, 0.29) is 11.5 Å². The molecule has 1 aromatic rings. The third kappa shape index (κ3) is 3.48. The molecule has 2 unspecified atom stereocenters. The first-order valence-electron chi connectivity index (χ1n) is 10.2. The number of aryl methyl sites for hydroxylation is 1. The Kier molecular flexibility index (Phi) is 4.83. The van der Waals surface area contributed by atoms with Crippen molar-refractivity contribution in [1.82, 2.24) is 15.2 Å². The summed E-state index contributed by atoms with van der Waals surface area (Å²) in [5.74, 6) is 0.373. The van der Waals surface area contributed by atoms with Gasteiger partial charge in [-0.25, -0.2) is 4.98 Å². The zero-order valence-corrected chi connectivity index (χ0v) is 16.6. The summed E-state index contributed by atoms with van der Waals surface area (Å²) in [5, 5.41) is 4.49. The SMILES string of the molecule is O=C(C1CCc2sc(N3CCOCC3)nc2C1)N1CCOC2(CCNC2)C1. The lowest BCUT2D eigenvalue weighted by Crippen LogP contribution is -2.56. The molecule has 1 amide bonds. The molecule has 3 fully saturated rings. The quantitative estimate of drug-likeness (QED) is 0.798. The van der Waals surface area contributed by atoms with E-state index >= 15 is 0 Å². The standard InChI is InChI=1S/C19H28N4O3S/c24-17(23-7-10-26-19(13-23)3-4-20-12-19)14-1-2-16-15(11-14)21-18(27-16)22-5-8-25-9-6-22/h14,20H,1-13H2. The summed E-state index contributed by atoms with van der Waals surface area (Å²) in [6.45, 7) is 7.34. The largest absolute Gasteiger partial charge is 0.378 e. The second kappa shape index (κ2) is 7.31. The van der Waals surface area contributed by atoms with Crippen molar-refractivity contribution in [2.75, 3.05) is 64.0 Å². The van der Waals surface area contributed by atoms with Crippen LogP contribution < -0.4 is 10.2 Å². The normalized spacial score (nSPS) is 31.3. The lowest BCUT2D eigenvalue weighted by Gasteiger charge is -2.41. The highest BCUT2D eigenvalue weighted by Gasteiger charge is 2.42. The number of fused-ring (bicyclic) bond motifs is 1. The molecular weight excluding hydrogens is 364 g/mol. The number of ether oxygens (including phenoxy) is 2. The van der Waals surface area contributed by atoms with Gasteiger partial charge in [0.2, 0.25) is 5.91 Å². The number of aromatic nitrogens is 1. The molecule has 0 saturated carbocycles. The Hall–Kier alpha value is -1.22. The van der Waals surface area contributed by atoms with Gasteiger partial charge in [0.05, 0.1) is 37.7 Å². The third-order valence-electron chi connectivity index (χ3n) is 6.32. The predicted octanol–water partition coefficient (Wildman–Crippen LogP) is 0.676. The molecule has 8 heteroatoms. The van der Waals surface area contributed by atoms with Crippen LogP contribution in [0.15, 0.2) is 0 Å². The van der Waals surface area contributed by atoms with Gasteiger partial charge in [-0.15, -0.1) is 11.3 Å². The summed E-state index contributed by atoms with van der Waals surface area (Å²) >= 11 is 1.81. The number of amides is 1. The van der Waals surface area contributed by atoms with Gasteiger partial charge in [0, 0.05) is 43.4 Å². The minimum absolute atomic E-state index is 0.0710. The van der Waals surface area contributed by atoms with Gasteiger partial charge in [-0.1, -0.05) is 0 Å². The van der Waals surface area contributed by atoms with E-state index in [0.29, 0.717) is 12.5 Å². The zero-order valence-electron chi connectivity index (χ0n) is 15.7. The molecule has 3 aliphatic heterocycles. The fourth-order valence-electron chi connectivity index (χ4n) is 4.74. The maximum atomic E-state index is 13.2. The first kappa shape index (κ1) is 17.8. The van der Waals surface area contributed by atoms with E-state index in [2.05, 4.69) is 15.1 Å². The Morgan fingerprint density at radius 3 is 2.96 bits per heavy atom. The highest BCUT2D eigenvalue weighted by Crippen LogP contribution is 2.35. The van der Waals surface area contributed by atoms with Crippen molar-refractivity contribution in [2.45, 2.75) is 31.3 Å². The van der Waals surface area contributed by atoms with Crippen LogP contribution in [0, 0.1) is 5.92 Å². The second-order valence-electron chi connectivity index (χ2n) is 8.12. The highest BCUT2D eigenvalue weighted by molar-refractivity contribution is 7.15. The van der Waals surface area contributed by atoms with E-state index < -0.39 is 0 Å². The fraction of sp³-hybridized carbons (Fsp3) is 0.789. The number of carbonyl (C=O) groups excluding carboxylic acids is 1. The van der Waals surface area contributed by atoms with E-state index in [1.165, 1.54) is 4.88 Å². The van der Waals surface area contributed by atoms with E-state index in [1.807, 2.05) is 11.3 Å². The molecule has 0 aromatic carbocycles. The monoisotopic (exact) mass is 392 g/mol. The summed E-state index contributed by atoms with van der Waals surface area (Å²) < 4.78 is 11.5. The van der Waals surface area contributed by atoms with Crippen LogP contribution in [0.2, 0.25) is 0 Å². The Labute approximate surface area is 164 Å². The molecule has 4 aliphatic rings. The number of nitrogens with zero attached hydrogens (tertiary/aromatic N) is 3. The van der Waals surface area contributed by atoms with Crippen LogP contribution in [0.4, 0.5) is 5.13 Å². The number of hydrogen-bond donors (Lipinski definition) is 1. The fourth-order valence-corrected chi connectivity index (χ4v) is 5.89. The van der Waals surface area contributed by atoms with Crippen molar-refractivity contribution in [1.29, 1.82) is 0 Å². The Balaban J connectivity index is 1.26. The predicted molar refractivity (Wildman–Crippen MR) is 103 cm³/mol. The minimum Gasteiger partial charge on any atom is -0.378 e. The van der Waals surface area contributed by atoms with Gasteiger partial charge in [-0.3, -0.25) is 4.79 Å². The van der Waals surface area contributed by atoms with Gasteiger partial charge in [0.15, 0.2) is 5.13 Å². The van der Waals surface area contributed by atoms with Gasteiger partial charge < -0.3 is 24.6 Å². The van der Waals surface area contributed by atoms with Crippen molar-refractivity contribution in [2.24, 2.45) is 5.92 Å². The Bertz CT molecular complexity index is 697. The van der Waals surface area contributed by atoms with Crippen LogP contribution in [0.5, 0.6) is 0 Å². The van der Waals surface area contributed by atoms with E-state index in [1.54, 1.807) is 0 Å². The number of hydrogen-bond acceptors (Lipinski definition) is 7. The molecule has 27 heavy (non-hydrogen) atoms.